The molecule has 2 aromatic heterocycles. The molecule has 2 aliphatic rings. The molecule has 0 unspecified atom stereocenters. The molecule has 0 spiro atoms. The molecule has 0 bridgehead atoms. The molecule has 8 heteroatoms. The SMILES string of the molecule is O=C(C=Cc1ccc(-c2ccccc2)cn1)N1C[C@@H]2CN(C(=O)c3ccc4n[nH]nc4c3)C[C@H]2C1. The Balaban J connectivity index is 1.05. The number of rotatable bonds is 4. The number of aromatic nitrogens is 4. The first-order valence-electron chi connectivity index (χ1n) is 11.7. The van der Waals surface area contributed by atoms with E-state index in [2.05, 4.69) is 20.4 Å². The van der Waals surface area contributed by atoms with Gasteiger partial charge in [0.15, 0.2) is 0 Å². The summed E-state index contributed by atoms with van der Waals surface area (Å²) >= 11 is 0. The van der Waals surface area contributed by atoms with Crippen molar-refractivity contribution in [2.75, 3.05) is 26.2 Å². The lowest BCUT2D eigenvalue weighted by atomic mass is 10.0. The number of hydrogen-bond donors (Lipinski definition) is 1. The number of carbonyl (C=O) groups is 2. The van der Waals surface area contributed by atoms with Crippen LogP contribution in [0.4, 0.5) is 0 Å². The van der Waals surface area contributed by atoms with E-state index in [1.165, 1.54) is 0 Å². The minimum absolute atomic E-state index is 0.00657. The smallest absolute Gasteiger partial charge is 0.253 e. The van der Waals surface area contributed by atoms with Gasteiger partial charge in [-0.1, -0.05) is 36.4 Å². The van der Waals surface area contributed by atoms with Gasteiger partial charge in [0.25, 0.3) is 5.91 Å². The number of pyridine rings is 1. The van der Waals surface area contributed by atoms with Crippen molar-refractivity contribution in [2.24, 2.45) is 11.8 Å². The highest BCUT2D eigenvalue weighted by Crippen LogP contribution is 2.32. The van der Waals surface area contributed by atoms with Gasteiger partial charge in [-0.15, -0.1) is 0 Å². The zero-order valence-corrected chi connectivity index (χ0v) is 19.0. The average molecular weight is 465 g/mol. The molecule has 6 rings (SSSR count). The minimum Gasteiger partial charge on any atom is -0.338 e. The average Bonchev–Trinajstić information content (AvgIpc) is 3.62. The fourth-order valence-corrected chi connectivity index (χ4v) is 5.06. The van der Waals surface area contributed by atoms with E-state index in [4.69, 9.17) is 0 Å². The first-order chi connectivity index (χ1) is 17.1. The lowest BCUT2D eigenvalue weighted by Gasteiger charge is -2.21. The van der Waals surface area contributed by atoms with Gasteiger partial charge in [-0.05, 0) is 35.9 Å². The van der Waals surface area contributed by atoms with Crippen LogP contribution < -0.4 is 0 Å². The molecule has 0 saturated carbocycles. The molecule has 1 N–H and O–H groups in total. The molecule has 35 heavy (non-hydrogen) atoms. The Morgan fingerprint density at radius 2 is 1.57 bits per heavy atom. The summed E-state index contributed by atoms with van der Waals surface area (Å²) in [6.45, 7) is 2.66. The van der Waals surface area contributed by atoms with Crippen LogP contribution in [0.2, 0.25) is 0 Å². The van der Waals surface area contributed by atoms with Gasteiger partial charge in [0.1, 0.15) is 11.0 Å². The third-order valence-electron chi connectivity index (χ3n) is 6.94. The molecule has 4 aromatic rings. The number of aromatic amines is 1. The number of carbonyl (C=O) groups excluding carboxylic acids is 2. The number of benzene rings is 2. The molecule has 8 nitrogen and oxygen atoms in total. The number of nitrogens with one attached hydrogen (secondary N) is 1. The zero-order chi connectivity index (χ0) is 23.8. The third-order valence-corrected chi connectivity index (χ3v) is 6.94. The van der Waals surface area contributed by atoms with Gasteiger partial charge in [-0.25, -0.2) is 0 Å². The first kappa shape index (κ1) is 21.2. The molecular weight excluding hydrogens is 440 g/mol. The van der Waals surface area contributed by atoms with Crippen molar-refractivity contribution in [3.63, 3.8) is 0 Å². The molecule has 0 aliphatic carbocycles. The molecule has 0 radical (unpaired) electrons. The van der Waals surface area contributed by atoms with Crippen molar-refractivity contribution < 1.29 is 9.59 Å². The van der Waals surface area contributed by atoms with Crippen LogP contribution in [0.1, 0.15) is 16.1 Å². The molecule has 4 heterocycles. The zero-order valence-electron chi connectivity index (χ0n) is 19.0. The van der Waals surface area contributed by atoms with Gasteiger partial charge in [0, 0.05) is 61.4 Å². The quantitative estimate of drug-likeness (QED) is 0.468. The van der Waals surface area contributed by atoms with E-state index in [1.807, 2.05) is 58.5 Å². The summed E-state index contributed by atoms with van der Waals surface area (Å²) in [6, 6.07) is 19.4. The van der Waals surface area contributed by atoms with Crippen LogP contribution in [-0.4, -0.2) is 68.2 Å². The topological polar surface area (TPSA) is 95.1 Å². The maximum Gasteiger partial charge on any atom is 0.253 e. The minimum atomic E-state index is -0.0114. The van der Waals surface area contributed by atoms with Crippen LogP contribution in [0.15, 0.2) is 72.9 Å². The second-order valence-corrected chi connectivity index (χ2v) is 9.17. The molecule has 2 amide bonds. The van der Waals surface area contributed by atoms with E-state index >= 15 is 0 Å². The monoisotopic (exact) mass is 464 g/mol. The molecular formula is C27H24N6O2. The molecule has 2 saturated heterocycles. The lowest BCUT2D eigenvalue weighted by molar-refractivity contribution is -0.125. The Labute approximate surface area is 202 Å². The standard InChI is InChI=1S/C27H24N6O2/c34-26(11-9-23-8-6-20(13-28-23)18-4-2-1-3-5-18)32-14-21-16-33(17-22(21)15-32)27(35)19-7-10-24-25(12-19)30-31-29-24/h1-13,21-22H,14-17H2,(H,29,30,31)/t21-,22-/m1/s1. The van der Waals surface area contributed by atoms with Crippen LogP contribution in [0, 0.1) is 11.8 Å². The summed E-state index contributed by atoms with van der Waals surface area (Å²) < 4.78 is 0. The Morgan fingerprint density at radius 3 is 2.31 bits per heavy atom. The van der Waals surface area contributed by atoms with Crippen LogP contribution in [0.3, 0.4) is 0 Å². The Morgan fingerprint density at radius 1 is 0.829 bits per heavy atom. The van der Waals surface area contributed by atoms with Crippen LogP contribution in [-0.2, 0) is 4.79 Å². The first-order valence-corrected chi connectivity index (χ1v) is 11.7. The largest absolute Gasteiger partial charge is 0.338 e. The van der Waals surface area contributed by atoms with Crippen LogP contribution >= 0.6 is 0 Å². The fraction of sp³-hybridized carbons (Fsp3) is 0.222. The van der Waals surface area contributed by atoms with E-state index in [1.54, 1.807) is 30.4 Å². The Bertz CT molecular complexity index is 1400. The molecule has 2 aliphatic heterocycles. The van der Waals surface area contributed by atoms with E-state index in [9.17, 15) is 9.59 Å². The Kier molecular flexibility index (Phi) is 5.33. The lowest BCUT2D eigenvalue weighted by Crippen LogP contribution is -2.35. The van der Waals surface area contributed by atoms with Gasteiger partial charge >= 0.3 is 0 Å². The van der Waals surface area contributed by atoms with E-state index in [-0.39, 0.29) is 11.8 Å². The summed E-state index contributed by atoms with van der Waals surface area (Å²) in [4.78, 5) is 34.0. The number of nitrogens with zero attached hydrogens (tertiary/aromatic N) is 5. The third kappa shape index (κ3) is 4.19. The summed E-state index contributed by atoms with van der Waals surface area (Å²) in [7, 11) is 0. The number of amides is 2. The van der Waals surface area contributed by atoms with E-state index in [0.29, 0.717) is 49.1 Å². The number of hydrogen-bond acceptors (Lipinski definition) is 5. The van der Waals surface area contributed by atoms with Gasteiger partial charge in [-0.3, -0.25) is 14.6 Å². The second-order valence-electron chi connectivity index (χ2n) is 9.17. The van der Waals surface area contributed by atoms with Crippen molar-refractivity contribution in [1.29, 1.82) is 0 Å². The van der Waals surface area contributed by atoms with Crippen molar-refractivity contribution in [3.05, 3.63) is 84.2 Å². The predicted molar refractivity (Wildman–Crippen MR) is 132 cm³/mol. The molecule has 2 atom stereocenters. The molecule has 2 aromatic carbocycles. The van der Waals surface area contributed by atoms with Crippen molar-refractivity contribution in [3.8, 4) is 11.1 Å². The van der Waals surface area contributed by atoms with E-state index in [0.717, 1.165) is 22.3 Å². The highest BCUT2D eigenvalue weighted by molar-refractivity contribution is 5.97. The summed E-state index contributed by atoms with van der Waals surface area (Å²) in [5.41, 5.74) is 4.95. The van der Waals surface area contributed by atoms with Crippen molar-refractivity contribution in [2.45, 2.75) is 0 Å². The van der Waals surface area contributed by atoms with Gasteiger partial charge in [-0.2, -0.15) is 15.4 Å². The fourth-order valence-electron chi connectivity index (χ4n) is 5.06. The van der Waals surface area contributed by atoms with Crippen molar-refractivity contribution in [1.82, 2.24) is 30.2 Å². The predicted octanol–water partition coefficient (Wildman–Crippen LogP) is 3.26. The summed E-state index contributed by atoms with van der Waals surface area (Å²) in [5, 5.41) is 10.7. The number of likely N-dealkylation sites (tertiary alicyclic amines) is 2. The van der Waals surface area contributed by atoms with Crippen molar-refractivity contribution >= 4 is 28.9 Å². The summed E-state index contributed by atoms with van der Waals surface area (Å²) in [5.74, 6) is 0.598. The maximum atomic E-state index is 13.0. The Hall–Kier alpha value is -4.33. The second kappa shape index (κ2) is 8.79. The number of H-pyrrole nitrogens is 1. The maximum absolute atomic E-state index is 13.0. The molecule has 174 valence electrons. The molecule has 2 fully saturated rings. The summed E-state index contributed by atoms with van der Waals surface area (Å²) in [6.07, 6.45) is 5.19. The van der Waals surface area contributed by atoms with Gasteiger partial charge < -0.3 is 9.80 Å². The van der Waals surface area contributed by atoms with Crippen LogP contribution in [0.25, 0.3) is 28.2 Å². The highest BCUT2D eigenvalue weighted by atomic mass is 16.2. The highest BCUT2D eigenvalue weighted by Gasteiger charge is 2.42. The van der Waals surface area contributed by atoms with Gasteiger partial charge in [0.2, 0.25) is 5.91 Å². The van der Waals surface area contributed by atoms with E-state index < -0.39 is 0 Å². The normalized spacial score (nSPS) is 19.5. The number of fused-ring (bicyclic) bond motifs is 2. The van der Waals surface area contributed by atoms with Gasteiger partial charge in [0.05, 0.1) is 5.69 Å². The van der Waals surface area contributed by atoms with Crippen LogP contribution in [0.5, 0.6) is 0 Å².